The number of aliphatic hydroxyl groups is 1. The molecule has 1 aromatic heterocycles. The summed E-state index contributed by atoms with van der Waals surface area (Å²) in [5, 5.41) is 12.4. The number of thioether (sulfide) groups is 1. The zero-order valence-electron chi connectivity index (χ0n) is 11.4. The molecule has 1 saturated carbocycles. The Morgan fingerprint density at radius 3 is 2.89 bits per heavy atom. The van der Waals surface area contributed by atoms with Crippen LogP contribution in [0, 0.1) is 5.92 Å². The average molecular weight is 283 g/mol. The molecule has 106 valence electrons. The third-order valence-corrected chi connectivity index (χ3v) is 4.22. The Morgan fingerprint density at radius 1 is 1.58 bits per heavy atom. The van der Waals surface area contributed by atoms with Gasteiger partial charge >= 0.3 is 0 Å². The van der Waals surface area contributed by atoms with Crippen LogP contribution in [-0.2, 0) is 5.75 Å². The van der Waals surface area contributed by atoms with Crippen molar-refractivity contribution in [2.24, 2.45) is 5.92 Å². The maximum absolute atomic E-state index is 12.1. The number of hydrogen-bond donors (Lipinski definition) is 2. The number of carbonyl (C=O) groups is 1. The molecule has 0 bridgehead atoms. The van der Waals surface area contributed by atoms with E-state index >= 15 is 0 Å². The Hall–Kier alpha value is -0.940. The largest absolute Gasteiger partial charge is 0.455 e. The van der Waals surface area contributed by atoms with Gasteiger partial charge in [-0.2, -0.15) is 11.8 Å². The second-order valence-electron chi connectivity index (χ2n) is 5.07. The Labute approximate surface area is 117 Å². The Morgan fingerprint density at radius 2 is 2.32 bits per heavy atom. The number of aliphatic hydroxyl groups excluding tert-OH is 1. The molecule has 0 spiro atoms. The zero-order chi connectivity index (χ0) is 13.8. The van der Waals surface area contributed by atoms with Gasteiger partial charge in [0.2, 0.25) is 0 Å². The Bertz CT molecular complexity index is 426. The molecular formula is C14H21NO3S. The maximum Gasteiger partial charge on any atom is 0.287 e. The van der Waals surface area contributed by atoms with Crippen molar-refractivity contribution in [2.45, 2.75) is 44.1 Å². The number of nitrogens with one attached hydrogen (secondary N) is 1. The second kappa shape index (κ2) is 6.48. The van der Waals surface area contributed by atoms with Crippen LogP contribution in [0.3, 0.4) is 0 Å². The molecule has 0 aromatic carbocycles. The molecule has 1 aromatic rings. The SMILES string of the molecule is CC[C@H](NC(=O)c1ccc(CSC)o1)C1CC(O)C1. The number of amides is 1. The predicted octanol–water partition coefficient (Wildman–Crippen LogP) is 2.42. The van der Waals surface area contributed by atoms with E-state index < -0.39 is 0 Å². The van der Waals surface area contributed by atoms with E-state index in [1.807, 2.05) is 12.3 Å². The molecule has 0 radical (unpaired) electrons. The summed E-state index contributed by atoms with van der Waals surface area (Å²) < 4.78 is 5.50. The van der Waals surface area contributed by atoms with Crippen molar-refractivity contribution < 1.29 is 14.3 Å². The third-order valence-electron chi connectivity index (χ3n) is 3.65. The van der Waals surface area contributed by atoms with E-state index in [2.05, 4.69) is 12.2 Å². The molecule has 0 unspecified atom stereocenters. The number of furan rings is 1. The van der Waals surface area contributed by atoms with E-state index in [0.717, 1.165) is 30.8 Å². The van der Waals surface area contributed by atoms with Crippen LogP contribution in [0.25, 0.3) is 0 Å². The van der Waals surface area contributed by atoms with Gasteiger partial charge in [-0.1, -0.05) is 6.92 Å². The molecule has 1 fully saturated rings. The fourth-order valence-corrected chi connectivity index (χ4v) is 2.91. The molecule has 0 saturated heterocycles. The first kappa shape index (κ1) is 14.5. The van der Waals surface area contributed by atoms with Crippen LogP contribution >= 0.6 is 11.8 Å². The monoisotopic (exact) mass is 283 g/mol. The van der Waals surface area contributed by atoms with Gasteiger partial charge in [0.25, 0.3) is 5.91 Å². The summed E-state index contributed by atoms with van der Waals surface area (Å²) in [7, 11) is 0. The topological polar surface area (TPSA) is 62.5 Å². The maximum atomic E-state index is 12.1. The molecular weight excluding hydrogens is 262 g/mol. The lowest BCUT2D eigenvalue weighted by Crippen LogP contribution is -2.46. The highest BCUT2D eigenvalue weighted by atomic mass is 32.2. The molecule has 1 aliphatic carbocycles. The Kier molecular flexibility index (Phi) is 4.93. The van der Waals surface area contributed by atoms with Crippen molar-refractivity contribution in [3.05, 3.63) is 23.7 Å². The van der Waals surface area contributed by atoms with Crippen molar-refractivity contribution in [1.29, 1.82) is 0 Å². The number of hydrogen-bond acceptors (Lipinski definition) is 4. The summed E-state index contributed by atoms with van der Waals surface area (Å²) in [6, 6.07) is 3.70. The lowest BCUT2D eigenvalue weighted by atomic mass is 9.76. The van der Waals surface area contributed by atoms with Crippen molar-refractivity contribution in [2.75, 3.05) is 6.26 Å². The van der Waals surface area contributed by atoms with Gasteiger partial charge in [-0.05, 0) is 43.6 Å². The highest BCUT2D eigenvalue weighted by Crippen LogP contribution is 2.31. The van der Waals surface area contributed by atoms with Crippen LogP contribution in [-0.4, -0.2) is 29.4 Å². The van der Waals surface area contributed by atoms with Gasteiger partial charge in [0, 0.05) is 6.04 Å². The van der Waals surface area contributed by atoms with Crippen LogP contribution in [0.1, 0.15) is 42.5 Å². The van der Waals surface area contributed by atoms with Crippen LogP contribution < -0.4 is 5.32 Å². The fraction of sp³-hybridized carbons (Fsp3) is 0.643. The summed E-state index contributed by atoms with van der Waals surface area (Å²) in [6.45, 7) is 2.05. The average Bonchev–Trinajstić information content (AvgIpc) is 2.81. The summed E-state index contributed by atoms with van der Waals surface area (Å²) in [5.41, 5.74) is 0. The number of carbonyl (C=O) groups excluding carboxylic acids is 1. The van der Waals surface area contributed by atoms with Crippen LogP contribution in [0.4, 0.5) is 0 Å². The first-order valence-electron chi connectivity index (χ1n) is 6.70. The molecule has 1 aliphatic rings. The van der Waals surface area contributed by atoms with E-state index in [1.165, 1.54) is 0 Å². The molecule has 1 heterocycles. The van der Waals surface area contributed by atoms with Crippen LogP contribution in [0.15, 0.2) is 16.5 Å². The van der Waals surface area contributed by atoms with Gasteiger partial charge in [-0.25, -0.2) is 0 Å². The van der Waals surface area contributed by atoms with Crippen molar-refractivity contribution in [1.82, 2.24) is 5.32 Å². The van der Waals surface area contributed by atoms with Gasteiger partial charge in [-0.15, -0.1) is 0 Å². The highest BCUT2D eigenvalue weighted by molar-refractivity contribution is 7.97. The van der Waals surface area contributed by atoms with Gasteiger partial charge < -0.3 is 14.8 Å². The van der Waals surface area contributed by atoms with Crippen LogP contribution in [0.5, 0.6) is 0 Å². The van der Waals surface area contributed by atoms with Crippen molar-refractivity contribution >= 4 is 17.7 Å². The molecule has 5 heteroatoms. The lowest BCUT2D eigenvalue weighted by Gasteiger charge is -2.37. The first-order chi connectivity index (χ1) is 9.13. The third kappa shape index (κ3) is 3.54. The van der Waals surface area contributed by atoms with E-state index in [9.17, 15) is 9.90 Å². The minimum atomic E-state index is -0.187. The minimum Gasteiger partial charge on any atom is -0.455 e. The molecule has 2 rings (SSSR count). The standard InChI is InChI=1S/C14H21NO3S/c1-3-12(9-6-10(16)7-9)15-14(17)13-5-4-11(18-13)8-19-2/h4-5,9-10,12,16H,3,6-8H2,1-2H3,(H,15,17)/t9?,10?,12-/m0/s1. The van der Waals surface area contributed by atoms with Crippen molar-refractivity contribution in [3.63, 3.8) is 0 Å². The molecule has 0 aliphatic heterocycles. The van der Waals surface area contributed by atoms with Gasteiger partial charge in [0.1, 0.15) is 5.76 Å². The fourth-order valence-electron chi connectivity index (χ4n) is 2.47. The first-order valence-corrected chi connectivity index (χ1v) is 8.10. The summed E-state index contributed by atoms with van der Waals surface area (Å²) in [6.07, 6.45) is 4.26. The zero-order valence-corrected chi connectivity index (χ0v) is 12.2. The molecule has 1 amide bonds. The summed E-state index contributed by atoms with van der Waals surface area (Å²) in [4.78, 5) is 12.1. The van der Waals surface area contributed by atoms with Gasteiger partial charge in [0.05, 0.1) is 11.9 Å². The molecule has 2 N–H and O–H groups in total. The molecule has 1 atom stereocenters. The second-order valence-corrected chi connectivity index (χ2v) is 5.94. The van der Waals surface area contributed by atoms with Gasteiger partial charge in [-0.3, -0.25) is 4.79 Å². The lowest BCUT2D eigenvalue weighted by molar-refractivity contribution is 0.0229. The minimum absolute atomic E-state index is 0.130. The van der Waals surface area contributed by atoms with E-state index in [4.69, 9.17) is 4.42 Å². The smallest absolute Gasteiger partial charge is 0.287 e. The highest BCUT2D eigenvalue weighted by Gasteiger charge is 2.34. The number of rotatable bonds is 6. The summed E-state index contributed by atoms with van der Waals surface area (Å²) in [5.74, 6) is 2.22. The quantitative estimate of drug-likeness (QED) is 0.841. The van der Waals surface area contributed by atoms with Crippen molar-refractivity contribution in [3.8, 4) is 0 Å². The summed E-state index contributed by atoms with van der Waals surface area (Å²) >= 11 is 1.66. The van der Waals surface area contributed by atoms with Crippen LogP contribution in [0.2, 0.25) is 0 Å². The molecule has 19 heavy (non-hydrogen) atoms. The molecule has 4 nitrogen and oxygen atoms in total. The van der Waals surface area contributed by atoms with Gasteiger partial charge in [0.15, 0.2) is 5.76 Å². The predicted molar refractivity (Wildman–Crippen MR) is 76.2 cm³/mol. The van der Waals surface area contributed by atoms with E-state index in [0.29, 0.717) is 11.7 Å². The normalized spacial score (nSPS) is 23.7. The van der Waals surface area contributed by atoms with E-state index in [1.54, 1.807) is 17.8 Å². The Balaban J connectivity index is 1.91. The van der Waals surface area contributed by atoms with E-state index in [-0.39, 0.29) is 18.1 Å².